The van der Waals surface area contributed by atoms with Crippen LogP contribution in [0.5, 0.6) is 0 Å². The van der Waals surface area contributed by atoms with Gasteiger partial charge in [-0.15, -0.1) is 0 Å². The van der Waals surface area contributed by atoms with Gasteiger partial charge in [0.15, 0.2) is 6.29 Å². The third kappa shape index (κ3) is 1.50. The summed E-state index contributed by atoms with van der Waals surface area (Å²) in [4.78, 5) is 18.0. The van der Waals surface area contributed by atoms with E-state index in [0.29, 0.717) is 22.8 Å². The van der Waals surface area contributed by atoms with E-state index >= 15 is 0 Å². The second kappa shape index (κ2) is 4.07. The Balaban J connectivity index is 2.36. The smallest absolute Gasteiger partial charge is 0.152 e. The largest absolute Gasteiger partial charge is 0.360 e. The van der Waals surface area contributed by atoms with Crippen molar-refractivity contribution in [2.75, 3.05) is 0 Å². The van der Waals surface area contributed by atoms with Crippen LogP contribution >= 0.6 is 0 Å². The van der Waals surface area contributed by atoms with Gasteiger partial charge in [-0.25, -0.2) is 4.39 Å². The molecule has 0 spiro atoms. The number of aldehydes is 1. The summed E-state index contributed by atoms with van der Waals surface area (Å²) in [6.45, 7) is 0. The van der Waals surface area contributed by atoms with Gasteiger partial charge in [0.2, 0.25) is 0 Å². The molecule has 3 nitrogen and oxygen atoms in total. The van der Waals surface area contributed by atoms with Crippen molar-refractivity contribution in [1.82, 2.24) is 9.97 Å². The lowest BCUT2D eigenvalue weighted by Gasteiger charge is -2.03. The first kappa shape index (κ1) is 10.7. The van der Waals surface area contributed by atoms with Gasteiger partial charge in [-0.3, -0.25) is 9.78 Å². The Hall–Kier alpha value is -2.49. The fraction of sp³-hybridized carbons (Fsp3) is 0. The summed E-state index contributed by atoms with van der Waals surface area (Å²) >= 11 is 0. The average molecular weight is 240 g/mol. The number of halogens is 1. The minimum absolute atomic E-state index is 0.313. The Morgan fingerprint density at radius 2 is 2.11 bits per heavy atom. The zero-order valence-corrected chi connectivity index (χ0v) is 9.35. The predicted molar refractivity (Wildman–Crippen MR) is 66.9 cm³/mol. The number of benzene rings is 1. The molecule has 0 fully saturated rings. The molecule has 88 valence electrons. The van der Waals surface area contributed by atoms with E-state index in [0.717, 1.165) is 11.3 Å². The molecule has 1 aromatic carbocycles. The van der Waals surface area contributed by atoms with Crippen molar-refractivity contribution in [3.63, 3.8) is 0 Å². The van der Waals surface area contributed by atoms with E-state index < -0.39 is 5.82 Å². The molecule has 1 N–H and O–H groups in total. The molecule has 2 heterocycles. The van der Waals surface area contributed by atoms with Crippen molar-refractivity contribution in [3.8, 4) is 11.3 Å². The van der Waals surface area contributed by atoms with E-state index in [4.69, 9.17) is 0 Å². The maximum Gasteiger partial charge on any atom is 0.152 e. The van der Waals surface area contributed by atoms with Gasteiger partial charge in [0, 0.05) is 28.9 Å². The second-order valence-corrected chi connectivity index (χ2v) is 3.92. The number of H-pyrrole nitrogens is 1. The maximum atomic E-state index is 13.8. The lowest BCUT2D eigenvalue weighted by Crippen LogP contribution is -1.87. The fourth-order valence-electron chi connectivity index (χ4n) is 2.06. The first-order valence-electron chi connectivity index (χ1n) is 5.47. The molecular weight excluding hydrogens is 231 g/mol. The number of nitrogens with one attached hydrogen (secondary N) is 1. The summed E-state index contributed by atoms with van der Waals surface area (Å²) in [7, 11) is 0. The summed E-state index contributed by atoms with van der Waals surface area (Å²) < 4.78 is 13.8. The molecule has 0 unspecified atom stereocenters. The molecule has 18 heavy (non-hydrogen) atoms. The van der Waals surface area contributed by atoms with Gasteiger partial charge >= 0.3 is 0 Å². The molecule has 0 aliphatic heterocycles. The van der Waals surface area contributed by atoms with Crippen LogP contribution in [0.2, 0.25) is 0 Å². The number of aromatic nitrogens is 2. The Morgan fingerprint density at radius 3 is 2.83 bits per heavy atom. The van der Waals surface area contributed by atoms with Crippen molar-refractivity contribution in [2.24, 2.45) is 0 Å². The van der Waals surface area contributed by atoms with Crippen molar-refractivity contribution >= 4 is 17.2 Å². The standard InChI is InChI=1S/C14H9FN2O/c15-11-5-4-10(12-3-1-2-6-16-12)14-13(11)9(8-18)7-17-14/h1-8,17H. The molecule has 0 aliphatic rings. The van der Waals surface area contributed by atoms with Gasteiger partial charge in [-0.2, -0.15) is 0 Å². The number of nitrogens with zero attached hydrogens (tertiary/aromatic N) is 1. The summed E-state index contributed by atoms with van der Waals surface area (Å²) in [5.74, 6) is -0.409. The minimum Gasteiger partial charge on any atom is -0.360 e. The van der Waals surface area contributed by atoms with Crippen LogP contribution in [0.15, 0.2) is 42.7 Å². The van der Waals surface area contributed by atoms with E-state index in [2.05, 4.69) is 9.97 Å². The predicted octanol–water partition coefficient (Wildman–Crippen LogP) is 3.18. The second-order valence-electron chi connectivity index (χ2n) is 3.92. The molecule has 0 amide bonds. The van der Waals surface area contributed by atoms with Crippen LogP contribution in [0.1, 0.15) is 10.4 Å². The van der Waals surface area contributed by atoms with Crippen LogP contribution < -0.4 is 0 Å². The molecular formula is C14H9FN2O. The number of aromatic amines is 1. The summed E-state index contributed by atoms with van der Waals surface area (Å²) in [6.07, 6.45) is 3.82. The fourth-order valence-corrected chi connectivity index (χ4v) is 2.06. The van der Waals surface area contributed by atoms with Crippen LogP contribution in [0.3, 0.4) is 0 Å². The highest BCUT2D eigenvalue weighted by Crippen LogP contribution is 2.29. The Kier molecular flexibility index (Phi) is 2.41. The molecule has 0 saturated heterocycles. The van der Waals surface area contributed by atoms with Crippen molar-refractivity contribution < 1.29 is 9.18 Å². The topological polar surface area (TPSA) is 45.8 Å². The SMILES string of the molecule is O=Cc1c[nH]c2c(-c3ccccn3)ccc(F)c12. The third-order valence-corrected chi connectivity index (χ3v) is 2.88. The minimum atomic E-state index is -0.409. The Labute approximate surface area is 102 Å². The number of hydrogen-bond donors (Lipinski definition) is 1. The highest BCUT2D eigenvalue weighted by Gasteiger charge is 2.13. The summed E-state index contributed by atoms with van der Waals surface area (Å²) in [6, 6.07) is 8.53. The molecule has 3 rings (SSSR count). The van der Waals surface area contributed by atoms with E-state index in [1.54, 1.807) is 12.3 Å². The average Bonchev–Trinajstić information content (AvgIpc) is 2.85. The normalized spacial score (nSPS) is 10.7. The number of rotatable bonds is 2. The van der Waals surface area contributed by atoms with E-state index in [1.807, 2.05) is 18.2 Å². The molecule has 0 radical (unpaired) electrons. The van der Waals surface area contributed by atoms with Crippen LogP contribution in [0.25, 0.3) is 22.2 Å². The molecule has 0 saturated carbocycles. The quantitative estimate of drug-likeness (QED) is 0.699. The van der Waals surface area contributed by atoms with Crippen LogP contribution in [-0.2, 0) is 0 Å². The zero-order valence-electron chi connectivity index (χ0n) is 9.35. The van der Waals surface area contributed by atoms with Crippen molar-refractivity contribution in [2.45, 2.75) is 0 Å². The molecule has 2 aromatic heterocycles. The number of carbonyl (C=O) groups is 1. The highest BCUT2D eigenvalue weighted by atomic mass is 19.1. The van der Waals surface area contributed by atoms with Gasteiger partial charge in [0.05, 0.1) is 11.2 Å². The first-order chi connectivity index (χ1) is 8.81. The first-order valence-corrected chi connectivity index (χ1v) is 5.47. The van der Waals surface area contributed by atoms with Gasteiger partial charge in [-0.1, -0.05) is 6.07 Å². The molecule has 4 heteroatoms. The lowest BCUT2D eigenvalue weighted by atomic mass is 10.1. The van der Waals surface area contributed by atoms with Gasteiger partial charge < -0.3 is 4.98 Å². The van der Waals surface area contributed by atoms with Crippen LogP contribution in [0.4, 0.5) is 4.39 Å². The summed E-state index contributed by atoms with van der Waals surface area (Å²) in [5.41, 5.74) is 2.43. The van der Waals surface area contributed by atoms with Gasteiger partial charge in [-0.05, 0) is 24.3 Å². The zero-order chi connectivity index (χ0) is 12.5. The summed E-state index contributed by atoms with van der Waals surface area (Å²) in [5, 5.41) is 0.313. The van der Waals surface area contributed by atoms with Crippen molar-refractivity contribution in [1.29, 1.82) is 0 Å². The third-order valence-electron chi connectivity index (χ3n) is 2.88. The number of fused-ring (bicyclic) bond motifs is 1. The monoisotopic (exact) mass is 240 g/mol. The Bertz CT molecular complexity index is 719. The molecule has 0 aliphatic carbocycles. The molecule has 0 bridgehead atoms. The highest BCUT2D eigenvalue weighted by molar-refractivity contribution is 6.03. The van der Waals surface area contributed by atoms with Crippen LogP contribution in [-0.4, -0.2) is 16.3 Å². The van der Waals surface area contributed by atoms with E-state index in [9.17, 15) is 9.18 Å². The number of pyridine rings is 1. The van der Waals surface area contributed by atoms with Gasteiger partial charge in [0.1, 0.15) is 5.82 Å². The van der Waals surface area contributed by atoms with E-state index in [1.165, 1.54) is 12.3 Å². The lowest BCUT2D eigenvalue weighted by molar-refractivity contribution is 0.112. The number of carbonyl (C=O) groups excluding carboxylic acids is 1. The Morgan fingerprint density at radius 1 is 1.22 bits per heavy atom. The number of hydrogen-bond acceptors (Lipinski definition) is 2. The molecule has 3 aromatic rings. The van der Waals surface area contributed by atoms with Gasteiger partial charge in [0.25, 0.3) is 0 Å². The molecule has 0 atom stereocenters. The van der Waals surface area contributed by atoms with Crippen LogP contribution in [0, 0.1) is 5.82 Å². The maximum absolute atomic E-state index is 13.8. The van der Waals surface area contributed by atoms with E-state index in [-0.39, 0.29) is 0 Å². The van der Waals surface area contributed by atoms with Crippen molar-refractivity contribution in [3.05, 3.63) is 54.1 Å².